The SMILES string of the molecule is CC=C(N1CCC(Nc2ccc(C(=N)c3cccc(C(F)(F)F)c3)c(C)c2)CC1)N(c1ccccc1C)C(F)F. The third-order valence-corrected chi connectivity index (χ3v) is 7.24. The number of aryl methyl sites for hydroxylation is 2. The van der Waals surface area contributed by atoms with Crippen LogP contribution in [-0.2, 0) is 6.18 Å². The van der Waals surface area contributed by atoms with Gasteiger partial charge in [0.15, 0.2) is 0 Å². The van der Waals surface area contributed by atoms with Gasteiger partial charge in [0.05, 0.1) is 17.0 Å². The largest absolute Gasteiger partial charge is 0.416 e. The Balaban J connectivity index is 1.41. The molecule has 0 spiro atoms. The molecule has 0 saturated carbocycles. The highest BCUT2D eigenvalue weighted by Crippen LogP contribution is 2.32. The number of rotatable bonds is 8. The van der Waals surface area contributed by atoms with Crippen molar-refractivity contribution in [3.05, 3.63) is 106 Å². The van der Waals surface area contributed by atoms with Crippen LogP contribution in [0.5, 0.6) is 0 Å². The van der Waals surface area contributed by atoms with Gasteiger partial charge in [0.2, 0.25) is 0 Å². The third kappa shape index (κ3) is 6.46. The van der Waals surface area contributed by atoms with E-state index in [9.17, 15) is 22.0 Å². The molecular weight excluding hydrogens is 523 g/mol. The Morgan fingerprint density at radius 3 is 2.27 bits per heavy atom. The van der Waals surface area contributed by atoms with Crippen molar-refractivity contribution in [2.24, 2.45) is 0 Å². The molecule has 40 heavy (non-hydrogen) atoms. The monoisotopic (exact) mass is 556 g/mol. The zero-order chi connectivity index (χ0) is 29.0. The van der Waals surface area contributed by atoms with Crippen molar-refractivity contribution in [1.29, 1.82) is 5.41 Å². The van der Waals surface area contributed by atoms with Crippen LogP contribution in [-0.4, -0.2) is 36.3 Å². The van der Waals surface area contributed by atoms with Crippen LogP contribution in [0.1, 0.15) is 47.6 Å². The number of allylic oxidation sites excluding steroid dienone is 1. The summed E-state index contributed by atoms with van der Waals surface area (Å²) in [5.74, 6) is 0.482. The summed E-state index contributed by atoms with van der Waals surface area (Å²) >= 11 is 0. The van der Waals surface area contributed by atoms with E-state index in [1.165, 1.54) is 12.1 Å². The van der Waals surface area contributed by atoms with E-state index >= 15 is 0 Å². The number of alkyl halides is 5. The van der Waals surface area contributed by atoms with Gasteiger partial charge in [-0.1, -0.05) is 36.4 Å². The second-order valence-corrected chi connectivity index (χ2v) is 9.97. The van der Waals surface area contributed by atoms with E-state index in [1.807, 2.05) is 43.0 Å². The molecule has 9 heteroatoms. The smallest absolute Gasteiger partial charge is 0.382 e. The molecule has 212 valence electrons. The van der Waals surface area contributed by atoms with Crippen LogP contribution in [0.3, 0.4) is 0 Å². The van der Waals surface area contributed by atoms with Crippen LogP contribution in [0, 0.1) is 19.3 Å². The Morgan fingerprint density at radius 2 is 1.68 bits per heavy atom. The van der Waals surface area contributed by atoms with Gasteiger partial charge in [-0.3, -0.25) is 10.3 Å². The fourth-order valence-electron chi connectivity index (χ4n) is 5.17. The highest BCUT2D eigenvalue weighted by atomic mass is 19.4. The fraction of sp³-hybridized carbons (Fsp3) is 0.323. The summed E-state index contributed by atoms with van der Waals surface area (Å²) in [6, 6.07) is 17.5. The first kappa shape index (κ1) is 29.1. The van der Waals surface area contributed by atoms with E-state index in [2.05, 4.69) is 5.32 Å². The van der Waals surface area contributed by atoms with Gasteiger partial charge in [-0.25, -0.2) is 0 Å². The normalized spacial score (nSPS) is 14.9. The zero-order valence-corrected chi connectivity index (χ0v) is 22.7. The number of hydrogen-bond acceptors (Lipinski definition) is 4. The minimum Gasteiger partial charge on any atom is -0.382 e. The number of para-hydroxylation sites is 1. The quantitative estimate of drug-likeness (QED) is 0.167. The number of halogens is 5. The summed E-state index contributed by atoms with van der Waals surface area (Å²) in [6.07, 6.45) is -1.26. The van der Waals surface area contributed by atoms with E-state index in [0.29, 0.717) is 30.2 Å². The Labute approximate surface area is 231 Å². The summed E-state index contributed by atoms with van der Waals surface area (Å²) in [4.78, 5) is 3.08. The van der Waals surface area contributed by atoms with Crippen molar-refractivity contribution in [2.75, 3.05) is 23.3 Å². The molecule has 0 amide bonds. The molecule has 1 fully saturated rings. The number of benzene rings is 3. The molecule has 4 nitrogen and oxygen atoms in total. The number of likely N-dealkylation sites (tertiary alicyclic amines) is 1. The molecule has 0 unspecified atom stereocenters. The van der Waals surface area contributed by atoms with Crippen molar-refractivity contribution in [3.63, 3.8) is 0 Å². The second-order valence-electron chi connectivity index (χ2n) is 9.97. The molecule has 1 aliphatic rings. The maximum absolute atomic E-state index is 14.2. The van der Waals surface area contributed by atoms with Crippen molar-refractivity contribution in [3.8, 4) is 0 Å². The fourth-order valence-corrected chi connectivity index (χ4v) is 5.17. The first-order chi connectivity index (χ1) is 19.0. The predicted octanol–water partition coefficient (Wildman–Crippen LogP) is 8.21. The van der Waals surface area contributed by atoms with Crippen LogP contribution in [0.25, 0.3) is 0 Å². The lowest BCUT2D eigenvalue weighted by molar-refractivity contribution is -0.137. The lowest BCUT2D eigenvalue weighted by atomic mass is 9.96. The van der Waals surface area contributed by atoms with Gasteiger partial charge in [0.25, 0.3) is 0 Å². The second kappa shape index (κ2) is 12.1. The maximum Gasteiger partial charge on any atom is 0.416 e. The number of nitrogens with one attached hydrogen (secondary N) is 2. The summed E-state index contributed by atoms with van der Waals surface area (Å²) in [7, 11) is 0. The van der Waals surface area contributed by atoms with Crippen molar-refractivity contribution in [2.45, 2.75) is 52.4 Å². The lowest BCUT2D eigenvalue weighted by Crippen LogP contribution is -2.45. The van der Waals surface area contributed by atoms with Crippen molar-refractivity contribution < 1.29 is 22.0 Å². The first-order valence-electron chi connectivity index (χ1n) is 13.2. The molecule has 0 radical (unpaired) electrons. The van der Waals surface area contributed by atoms with E-state index < -0.39 is 18.3 Å². The average Bonchev–Trinajstić information content (AvgIpc) is 2.92. The van der Waals surface area contributed by atoms with Crippen LogP contribution in [0.2, 0.25) is 0 Å². The Morgan fingerprint density at radius 1 is 0.975 bits per heavy atom. The number of piperidine rings is 1. The van der Waals surface area contributed by atoms with Crippen molar-refractivity contribution in [1.82, 2.24) is 4.90 Å². The van der Waals surface area contributed by atoms with Gasteiger partial charge < -0.3 is 10.2 Å². The molecular formula is C31H33F5N4. The number of hydrogen-bond donors (Lipinski definition) is 2. The van der Waals surface area contributed by atoms with Crippen LogP contribution < -0.4 is 10.2 Å². The summed E-state index contributed by atoms with van der Waals surface area (Å²) in [6.45, 7) is 3.94. The Bertz CT molecular complexity index is 1370. The molecule has 2 N–H and O–H groups in total. The standard InChI is InChI=1S/C31H33F5N4/c1-4-28(40(30(32)33)27-11-6-5-8-20(27)2)39-16-14-24(15-17-39)38-25-12-13-26(21(3)18-25)29(37)22-9-7-10-23(19-22)31(34,35)36/h4-13,18-19,24,30,37-38H,14-17H2,1-3H3. The van der Waals surface area contributed by atoms with E-state index in [0.717, 1.165) is 46.7 Å². The number of nitrogens with zero attached hydrogens (tertiary/aromatic N) is 2. The van der Waals surface area contributed by atoms with Gasteiger partial charge in [0, 0.05) is 35.9 Å². The minimum atomic E-state index is -4.47. The van der Waals surface area contributed by atoms with E-state index in [4.69, 9.17) is 5.41 Å². The topological polar surface area (TPSA) is 42.4 Å². The Kier molecular flexibility index (Phi) is 8.81. The lowest BCUT2D eigenvalue weighted by Gasteiger charge is -2.40. The molecule has 4 rings (SSSR count). The molecule has 0 aromatic heterocycles. The summed E-state index contributed by atoms with van der Waals surface area (Å²) in [5.41, 5.74) is 2.88. The van der Waals surface area contributed by atoms with Gasteiger partial charge in [-0.2, -0.15) is 22.0 Å². The van der Waals surface area contributed by atoms with E-state index in [-0.39, 0.29) is 17.3 Å². The molecule has 0 aliphatic carbocycles. The maximum atomic E-state index is 14.2. The van der Waals surface area contributed by atoms with Crippen LogP contribution >= 0.6 is 0 Å². The van der Waals surface area contributed by atoms with Gasteiger partial charge in [0.1, 0.15) is 5.82 Å². The molecule has 0 atom stereocenters. The molecule has 3 aromatic rings. The Hall–Kier alpha value is -3.88. The van der Waals surface area contributed by atoms with Crippen LogP contribution in [0.4, 0.5) is 33.3 Å². The van der Waals surface area contributed by atoms with Gasteiger partial charge in [-0.05, 0) is 81.1 Å². The molecule has 1 aliphatic heterocycles. The predicted molar refractivity (Wildman–Crippen MR) is 150 cm³/mol. The minimum absolute atomic E-state index is 0.0274. The average molecular weight is 557 g/mol. The highest BCUT2D eigenvalue weighted by Gasteiger charge is 2.31. The molecule has 1 saturated heterocycles. The highest BCUT2D eigenvalue weighted by molar-refractivity contribution is 6.12. The molecule has 3 aromatic carbocycles. The van der Waals surface area contributed by atoms with Crippen LogP contribution in [0.15, 0.2) is 78.6 Å². The molecule has 1 heterocycles. The first-order valence-corrected chi connectivity index (χ1v) is 13.2. The van der Waals surface area contributed by atoms with E-state index in [1.54, 1.807) is 31.2 Å². The molecule has 0 bridgehead atoms. The van der Waals surface area contributed by atoms with Gasteiger partial charge >= 0.3 is 12.7 Å². The summed E-state index contributed by atoms with van der Waals surface area (Å²) < 4.78 is 67.8. The van der Waals surface area contributed by atoms with Gasteiger partial charge in [-0.15, -0.1) is 0 Å². The zero-order valence-electron chi connectivity index (χ0n) is 22.7. The number of anilines is 2. The van der Waals surface area contributed by atoms with Crippen molar-refractivity contribution >= 4 is 17.1 Å². The summed E-state index contributed by atoms with van der Waals surface area (Å²) in [5, 5.41) is 12.0. The third-order valence-electron chi connectivity index (χ3n) is 7.24.